The molecule has 1 aromatic heterocycles. The Labute approximate surface area is 152 Å². The topological polar surface area (TPSA) is 49.0 Å². The first-order chi connectivity index (χ1) is 11.9. The van der Waals surface area contributed by atoms with E-state index in [1.54, 1.807) is 6.08 Å². The predicted molar refractivity (Wildman–Crippen MR) is 102 cm³/mol. The van der Waals surface area contributed by atoms with Crippen molar-refractivity contribution in [2.75, 3.05) is 0 Å². The van der Waals surface area contributed by atoms with Gasteiger partial charge < -0.3 is 9.47 Å². The van der Waals surface area contributed by atoms with Gasteiger partial charge in [-0.25, -0.2) is 0 Å². The second kappa shape index (κ2) is 8.38. The molecule has 0 spiro atoms. The SMILES string of the molecule is CCCn1c(C)cc(/C=C(\C#N)C(=O)N(C(C)C)C2CCCC2)c1C. The molecule has 1 heterocycles. The van der Waals surface area contributed by atoms with E-state index in [4.69, 9.17) is 0 Å². The van der Waals surface area contributed by atoms with Crippen LogP contribution in [0.25, 0.3) is 6.08 Å². The maximum Gasteiger partial charge on any atom is 0.265 e. The minimum Gasteiger partial charge on any atom is -0.349 e. The molecule has 0 N–H and O–H groups in total. The van der Waals surface area contributed by atoms with E-state index in [0.29, 0.717) is 0 Å². The van der Waals surface area contributed by atoms with E-state index in [-0.39, 0.29) is 23.6 Å². The van der Waals surface area contributed by atoms with Gasteiger partial charge in [-0.1, -0.05) is 19.8 Å². The average molecular weight is 341 g/mol. The molecule has 1 aromatic rings. The molecular formula is C21H31N3O. The van der Waals surface area contributed by atoms with Crippen LogP contribution in [0.2, 0.25) is 0 Å². The van der Waals surface area contributed by atoms with Gasteiger partial charge in [-0.15, -0.1) is 0 Å². The Balaban J connectivity index is 2.34. The van der Waals surface area contributed by atoms with E-state index >= 15 is 0 Å². The average Bonchev–Trinajstić information content (AvgIpc) is 3.16. The molecule has 1 amide bonds. The van der Waals surface area contributed by atoms with Crippen LogP contribution in [0, 0.1) is 25.2 Å². The van der Waals surface area contributed by atoms with Crippen LogP contribution >= 0.6 is 0 Å². The molecule has 4 heteroatoms. The maximum atomic E-state index is 13.1. The first-order valence-electron chi connectivity index (χ1n) is 9.51. The number of aromatic nitrogens is 1. The lowest BCUT2D eigenvalue weighted by Crippen LogP contribution is -2.44. The molecule has 0 aromatic carbocycles. The first kappa shape index (κ1) is 19.3. The summed E-state index contributed by atoms with van der Waals surface area (Å²) in [5.74, 6) is -0.121. The molecule has 1 aliphatic carbocycles. The highest BCUT2D eigenvalue weighted by Gasteiger charge is 2.30. The van der Waals surface area contributed by atoms with E-state index < -0.39 is 0 Å². The van der Waals surface area contributed by atoms with Crippen LogP contribution < -0.4 is 0 Å². The van der Waals surface area contributed by atoms with Gasteiger partial charge in [0.1, 0.15) is 11.6 Å². The van der Waals surface area contributed by atoms with Crippen LogP contribution in [-0.2, 0) is 11.3 Å². The van der Waals surface area contributed by atoms with Gasteiger partial charge in [0.2, 0.25) is 0 Å². The summed E-state index contributed by atoms with van der Waals surface area (Å²) in [6, 6.07) is 4.62. The molecule has 1 saturated carbocycles. The fourth-order valence-electron chi connectivity index (χ4n) is 3.98. The number of amides is 1. The van der Waals surface area contributed by atoms with Gasteiger partial charge >= 0.3 is 0 Å². The van der Waals surface area contributed by atoms with Gasteiger partial charge in [-0.2, -0.15) is 5.26 Å². The minimum atomic E-state index is -0.121. The fourth-order valence-corrected chi connectivity index (χ4v) is 3.98. The summed E-state index contributed by atoms with van der Waals surface area (Å²) in [6.07, 6.45) is 7.28. The molecule has 4 nitrogen and oxygen atoms in total. The van der Waals surface area contributed by atoms with E-state index in [0.717, 1.165) is 37.1 Å². The van der Waals surface area contributed by atoms with E-state index in [1.165, 1.54) is 18.5 Å². The van der Waals surface area contributed by atoms with Crippen molar-refractivity contribution in [2.24, 2.45) is 0 Å². The van der Waals surface area contributed by atoms with Gasteiger partial charge in [-0.05, 0) is 64.7 Å². The van der Waals surface area contributed by atoms with Crippen molar-refractivity contribution in [2.45, 2.75) is 85.4 Å². The summed E-state index contributed by atoms with van der Waals surface area (Å²) in [4.78, 5) is 15.0. The Hall–Kier alpha value is -2.02. The van der Waals surface area contributed by atoms with Gasteiger partial charge in [0.15, 0.2) is 0 Å². The van der Waals surface area contributed by atoms with Gasteiger partial charge in [-0.3, -0.25) is 4.79 Å². The molecule has 0 unspecified atom stereocenters. The molecule has 25 heavy (non-hydrogen) atoms. The summed E-state index contributed by atoms with van der Waals surface area (Å²) in [5, 5.41) is 9.63. The third-order valence-electron chi connectivity index (χ3n) is 5.22. The fraction of sp³-hybridized carbons (Fsp3) is 0.619. The third kappa shape index (κ3) is 4.15. The Morgan fingerprint density at radius 3 is 2.56 bits per heavy atom. The van der Waals surface area contributed by atoms with Crippen LogP contribution in [0.5, 0.6) is 0 Å². The molecule has 0 bridgehead atoms. The second-order valence-corrected chi connectivity index (χ2v) is 7.39. The lowest BCUT2D eigenvalue weighted by Gasteiger charge is -2.32. The van der Waals surface area contributed by atoms with E-state index in [9.17, 15) is 10.1 Å². The number of rotatable bonds is 6. The van der Waals surface area contributed by atoms with Crippen LogP contribution in [0.15, 0.2) is 11.6 Å². The molecule has 0 saturated heterocycles. The number of hydrogen-bond donors (Lipinski definition) is 0. The summed E-state index contributed by atoms with van der Waals surface area (Å²) in [5.41, 5.74) is 3.52. The molecule has 0 radical (unpaired) electrons. The van der Waals surface area contributed by atoms with Crippen LogP contribution in [0.3, 0.4) is 0 Å². The Morgan fingerprint density at radius 2 is 2.04 bits per heavy atom. The number of hydrogen-bond acceptors (Lipinski definition) is 2. The second-order valence-electron chi connectivity index (χ2n) is 7.39. The Bertz CT molecular complexity index is 685. The van der Waals surface area contributed by atoms with Crippen molar-refractivity contribution in [3.63, 3.8) is 0 Å². The van der Waals surface area contributed by atoms with Gasteiger partial charge in [0, 0.05) is 30.0 Å². The zero-order valence-corrected chi connectivity index (χ0v) is 16.3. The monoisotopic (exact) mass is 341 g/mol. The zero-order valence-electron chi connectivity index (χ0n) is 16.3. The van der Waals surface area contributed by atoms with Crippen molar-refractivity contribution in [3.05, 3.63) is 28.6 Å². The van der Waals surface area contributed by atoms with Crippen molar-refractivity contribution < 1.29 is 4.79 Å². The van der Waals surface area contributed by atoms with E-state index in [1.807, 2.05) is 18.7 Å². The molecule has 1 fully saturated rings. The van der Waals surface area contributed by atoms with Crippen LogP contribution in [0.4, 0.5) is 0 Å². The van der Waals surface area contributed by atoms with Gasteiger partial charge in [0.25, 0.3) is 5.91 Å². The molecular weight excluding hydrogens is 310 g/mol. The molecule has 0 atom stereocenters. The minimum absolute atomic E-state index is 0.111. The lowest BCUT2D eigenvalue weighted by molar-refractivity contribution is -0.130. The number of carbonyl (C=O) groups excluding carboxylic acids is 1. The Morgan fingerprint density at radius 1 is 1.40 bits per heavy atom. The maximum absolute atomic E-state index is 13.1. The highest BCUT2D eigenvalue weighted by molar-refractivity contribution is 6.02. The van der Waals surface area contributed by atoms with Crippen LogP contribution in [-0.4, -0.2) is 27.5 Å². The third-order valence-corrected chi connectivity index (χ3v) is 5.22. The van der Waals surface area contributed by atoms with E-state index in [2.05, 4.69) is 37.5 Å². The number of aryl methyl sites for hydroxylation is 1. The first-order valence-corrected chi connectivity index (χ1v) is 9.51. The number of nitriles is 1. The Kier molecular flexibility index (Phi) is 6.47. The quantitative estimate of drug-likeness (QED) is 0.561. The zero-order chi connectivity index (χ0) is 18.6. The summed E-state index contributed by atoms with van der Waals surface area (Å²) >= 11 is 0. The number of nitrogens with zero attached hydrogens (tertiary/aromatic N) is 3. The summed E-state index contributed by atoms with van der Waals surface area (Å²) in [7, 11) is 0. The molecule has 0 aliphatic heterocycles. The highest BCUT2D eigenvalue weighted by atomic mass is 16.2. The van der Waals surface area contributed by atoms with Crippen LogP contribution in [0.1, 0.15) is 69.8 Å². The van der Waals surface area contributed by atoms with Crippen molar-refractivity contribution >= 4 is 12.0 Å². The molecule has 136 valence electrons. The normalized spacial score (nSPS) is 15.6. The molecule has 2 rings (SSSR count). The summed E-state index contributed by atoms with van der Waals surface area (Å²) < 4.78 is 2.25. The lowest BCUT2D eigenvalue weighted by atomic mass is 10.1. The highest BCUT2D eigenvalue weighted by Crippen LogP contribution is 2.27. The van der Waals surface area contributed by atoms with Gasteiger partial charge in [0.05, 0.1) is 0 Å². The van der Waals surface area contributed by atoms with Crippen molar-refractivity contribution in [1.82, 2.24) is 9.47 Å². The van der Waals surface area contributed by atoms with Crippen molar-refractivity contribution in [1.29, 1.82) is 5.26 Å². The smallest absolute Gasteiger partial charge is 0.265 e. The summed E-state index contributed by atoms with van der Waals surface area (Å²) in [6.45, 7) is 11.3. The standard InChI is InChI=1S/C21H31N3O/c1-6-11-23-16(4)12-18(17(23)5)13-19(14-22)21(25)24(15(2)3)20-9-7-8-10-20/h12-13,15,20H,6-11H2,1-5H3/b19-13+. The number of carbonyl (C=O) groups is 1. The largest absolute Gasteiger partial charge is 0.349 e. The predicted octanol–water partition coefficient (Wildman–Crippen LogP) is 4.60. The molecule has 1 aliphatic rings. The van der Waals surface area contributed by atoms with Crippen molar-refractivity contribution in [3.8, 4) is 6.07 Å².